The van der Waals surface area contributed by atoms with E-state index in [1.54, 1.807) is 0 Å². The normalized spacial score (nSPS) is 30.2. The van der Waals surface area contributed by atoms with Crippen molar-refractivity contribution < 1.29 is 4.79 Å². The van der Waals surface area contributed by atoms with Gasteiger partial charge in [0.25, 0.3) is 0 Å². The van der Waals surface area contributed by atoms with Gasteiger partial charge in [-0.05, 0) is 24.5 Å². The molecule has 1 aromatic rings. The number of fused-ring (bicyclic) bond motifs is 1. The van der Waals surface area contributed by atoms with Crippen LogP contribution >= 0.6 is 0 Å². The Balaban J connectivity index is 2.02. The van der Waals surface area contributed by atoms with E-state index in [9.17, 15) is 4.79 Å². The molecule has 0 unspecified atom stereocenters. The highest BCUT2D eigenvalue weighted by Gasteiger charge is 2.56. The van der Waals surface area contributed by atoms with E-state index < -0.39 is 0 Å². The van der Waals surface area contributed by atoms with Gasteiger partial charge in [0.1, 0.15) is 0 Å². The highest BCUT2D eigenvalue weighted by Crippen LogP contribution is 2.53. The predicted octanol–water partition coefficient (Wildman–Crippen LogP) is 3.10. The Hall–Kier alpha value is -1.57. The van der Waals surface area contributed by atoms with Gasteiger partial charge in [-0.1, -0.05) is 49.8 Å². The molecule has 0 bridgehead atoms. The smallest absolute Gasteiger partial charge is 0.246 e. The average molecular weight is 241 g/mol. The van der Waals surface area contributed by atoms with Crippen molar-refractivity contribution in [2.75, 3.05) is 6.54 Å². The van der Waals surface area contributed by atoms with E-state index in [1.165, 1.54) is 30.9 Å². The van der Waals surface area contributed by atoms with Gasteiger partial charge in [-0.25, -0.2) is 0 Å². The van der Waals surface area contributed by atoms with E-state index in [2.05, 4.69) is 30.8 Å². The lowest BCUT2D eigenvalue weighted by Gasteiger charge is -2.61. The van der Waals surface area contributed by atoms with Crippen molar-refractivity contribution in [1.82, 2.24) is 4.90 Å². The van der Waals surface area contributed by atoms with E-state index in [-0.39, 0.29) is 11.4 Å². The van der Waals surface area contributed by atoms with Gasteiger partial charge in [0.2, 0.25) is 5.91 Å². The van der Waals surface area contributed by atoms with E-state index in [0.717, 1.165) is 13.0 Å². The molecule has 2 atom stereocenters. The van der Waals surface area contributed by atoms with Crippen LogP contribution in [-0.2, 0) is 10.3 Å². The lowest BCUT2D eigenvalue weighted by Crippen LogP contribution is -2.67. The third kappa shape index (κ3) is 1.45. The van der Waals surface area contributed by atoms with Gasteiger partial charge in [-0.15, -0.1) is 0 Å². The number of carbonyl (C=O) groups excluding carboxylic acids is 1. The summed E-state index contributed by atoms with van der Waals surface area (Å²) in [6, 6.07) is 10.5. The number of benzene rings is 1. The van der Waals surface area contributed by atoms with Gasteiger partial charge in [0.05, 0.1) is 5.54 Å². The maximum atomic E-state index is 12.0. The van der Waals surface area contributed by atoms with Crippen LogP contribution in [0.2, 0.25) is 0 Å². The van der Waals surface area contributed by atoms with Crippen LogP contribution in [0.3, 0.4) is 0 Å². The summed E-state index contributed by atoms with van der Waals surface area (Å²) in [7, 11) is 0. The van der Waals surface area contributed by atoms with Crippen molar-refractivity contribution in [2.24, 2.45) is 5.92 Å². The molecule has 1 aliphatic heterocycles. The fraction of sp³-hybridized carbons (Fsp3) is 0.438. The Kier molecular flexibility index (Phi) is 2.73. The molecule has 2 heteroatoms. The largest absolute Gasteiger partial charge is 0.329 e. The van der Waals surface area contributed by atoms with Crippen LogP contribution in [0.1, 0.15) is 31.2 Å². The molecule has 0 N–H and O–H groups in total. The number of nitrogens with zero attached hydrogens (tertiary/aromatic N) is 1. The summed E-state index contributed by atoms with van der Waals surface area (Å²) in [5, 5.41) is 0. The van der Waals surface area contributed by atoms with Gasteiger partial charge in [0.15, 0.2) is 0 Å². The minimum Gasteiger partial charge on any atom is -0.329 e. The number of rotatable bonds is 2. The summed E-state index contributed by atoms with van der Waals surface area (Å²) < 4.78 is 0. The second-order valence-corrected chi connectivity index (χ2v) is 5.39. The fourth-order valence-corrected chi connectivity index (χ4v) is 3.76. The Morgan fingerprint density at radius 3 is 2.78 bits per heavy atom. The molecular weight excluding hydrogens is 222 g/mol. The van der Waals surface area contributed by atoms with Crippen LogP contribution in [0.15, 0.2) is 43.0 Å². The number of hydrogen-bond acceptors (Lipinski definition) is 1. The molecule has 94 valence electrons. The zero-order valence-electron chi connectivity index (χ0n) is 10.6. The summed E-state index contributed by atoms with van der Waals surface area (Å²) >= 11 is 0. The molecule has 18 heavy (non-hydrogen) atoms. The molecular formula is C16H19NO. The number of hydrogen-bond donors (Lipinski definition) is 0. The summed E-state index contributed by atoms with van der Waals surface area (Å²) in [6.45, 7) is 4.54. The Bertz CT molecular complexity index is 467. The van der Waals surface area contributed by atoms with Crippen molar-refractivity contribution in [3.8, 4) is 0 Å². The summed E-state index contributed by atoms with van der Waals surface area (Å²) in [4.78, 5) is 14.1. The first kappa shape index (κ1) is 11.5. The molecule has 0 aromatic heterocycles. The van der Waals surface area contributed by atoms with Crippen molar-refractivity contribution >= 4 is 5.91 Å². The lowest BCUT2D eigenvalue weighted by molar-refractivity contribution is -0.161. The molecule has 0 spiro atoms. The second-order valence-electron chi connectivity index (χ2n) is 5.39. The summed E-state index contributed by atoms with van der Waals surface area (Å²) in [6.07, 6.45) is 6.31. The van der Waals surface area contributed by atoms with Gasteiger partial charge in [-0.3, -0.25) is 4.79 Å². The molecule has 1 heterocycles. The van der Waals surface area contributed by atoms with Crippen LogP contribution in [0.4, 0.5) is 0 Å². The lowest BCUT2D eigenvalue weighted by atomic mass is 9.61. The van der Waals surface area contributed by atoms with Crippen molar-refractivity contribution in [1.29, 1.82) is 0 Å². The highest BCUT2D eigenvalue weighted by molar-refractivity contribution is 5.88. The summed E-state index contributed by atoms with van der Waals surface area (Å²) in [5.41, 5.74) is 1.27. The standard InChI is InChI=1S/C16H19NO/c1-2-15(18)17-12-14-10-6-7-11-16(14,17)13-8-4-3-5-9-13/h2-5,8-9,14H,1,6-7,10-12H2/t14-,16+/m0/s1. The SMILES string of the molecule is C=CC(=O)N1C[C@@H]2CCCC[C@@]21c1ccccc1. The topological polar surface area (TPSA) is 20.3 Å². The maximum absolute atomic E-state index is 12.0. The monoisotopic (exact) mass is 241 g/mol. The van der Waals surface area contributed by atoms with Gasteiger partial charge >= 0.3 is 0 Å². The second kappa shape index (κ2) is 4.27. The molecule has 1 saturated carbocycles. The number of carbonyl (C=O) groups is 1. The highest BCUT2D eigenvalue weighted by atomic mass is 16.2. The van der Waals surface area contributed by atoms with Gasteiger partial charge in [-0.2, -0.15) is 0 Å². The third-order valence-corrected chi connectivity index (χ3v) is 4.63. The van der Waals surface area contributed by atoms with E-state index in [1.807, 2.05) is 11.0 Å². The number of likely N-dealkylation sites (tertiary alicyclic amines) is 1. The average Bonchev–Trinajstić information content (AvgIpc) is 2.41. The van der Waals surface area contributed by atoms with Gasteiger partial charge < -0.3 is 4.90 Å². The Morgan fingerprint density at radius 2 is 2.11 bits per heavy atom. The molecule has 1 aliphatic carbocycles. The fourth-order valence-electron chi connectivity index (χ4n) is 3.76. The minimum atomic E-state index is -0.0369. The molecule has 1 saturated heterocycles. The first-order chi connectivity index (χ1) is 8.79. The molecule has 1 aromatic carbocycles. The molecule has 0 radical (unpaired) electrons. The summed E-state index contributed by atoms with van der Waals surface area (Å²) in [5.74, 6) is 0.717. The third-order valence-electron chi connectivity index (χ3n) is 4.63. The van der Waals surface area contributed by atoms with E-state index >= 15 is 0 Å². The molecule has 2 aliphatic rings. The van der Waals surface area contributed by atoms with Crippen LogP contribution in [0, 0.1) is 5.92 Å². The van der Waals surface area contributed by atoms with Crippen LogP contribution in [0.25, 0.3) is 0 Å². The van der Waals surface area contributed by atoms with Crippen LogP contribution < -0.4 is 0 Å². The Morgan fingerprint density at radius 1 is 1.33 bits per heavy atom. The molecule has 1 amide bonds. The molecule has 3 rings (SSSR count). The Labute approximate surface area is 108 Å². The number of amides is 1. The van der Waals surface area contributed by atoms with Crippen molar-refractivity contribution in [3.05, 3.63) is 48.6 Å². The zero-order valence-corrected chi connectivity index (χ0v) is 10.6. The molecule has 2 nitrogen and oxygen atoms in total. The van der Waals surface area contributed by atoms with Crippen molar-refractivity contribution in [2.45, 2.75) is 31.2 Å². The van der Waals surface area contributed by atoms with Gasteiger partial charge in [0, 0.05) is 12.5 Å². The maximum Gasteiger partial charge on any atom is 0.246 e. The van der Waals surface area contributed by atoms with Crippen LogP contribution in [-0.4, -0.2) is 17.4 Å². The van der Waals surface area contributed by atoms with Crippen LogP contribution in [0.5, 0.6) is 0 Å². The quantitative estimate of drug-likeness (QED) is 0.729. The van der Waals surface area contributed by atoms with E-state index in [0.29, 0.717) is 5.92 Å². The molecule has 2 fully saturated rings. The zero-order chi connectivity index (χ0) is 12.6. The van der Waals surface area contributed by atoms with E-state index in [4.69, 9.17) is 0 Å². The first-order valence-corrected chi connectivity index (χ1v) is 6.78. The first-order valence-electron chi connectivity index (χ1n) is 6.78. The van der Waals surface area contributed by atoms with Crippen molar-refractivity contribution in [3.63, 3.8) is 0 Å². The minimum absolute atomic E-state index is 0.0369. The predicted molar refractivity (Wildman–Crippen MR) is 72.0 cm³/mol.